The molecule has 0 unspecified atom stereocenters. The largest absolute Gasteiger partial charge is 0.388 e. The Morgan fingerprint density at radius 3 is 2.55 bits per heavy atom. The van der Waals surface area contributed by atoms with Crippen LogP contribution in [0.15, 0.2) is 41.5 Å². The number of halogens is 1. The van der Waals surface area contributed by atoms with Crippen LogP contribution in [0.3, 0.4) is 0 Å². The molecular weight excluding hydrogens is 506 g/mol. The number of carbonyl (C=O) groups excluding carboxylic acids is 1. The van der Waals surface area contributed by atoms with Gasteiger partial charge in [0.05, 0.1) is 36.8 Å². The molecule has 0 radical (unpaired) electrons. The Morgan fingerprint density at radius 1 is 1.18 bits per heavy atom. The fraction of sp³-hybridized carbons (Fsp3) is 0.536. The van der Waals surface area contributed by atoms with E-state index in [2.05, 4.69) is 17.2 Å². The highest BCUT2D eigenvalue weighted by molar-refractivity contribution is 6.31. The SMILES string of the molecule is C[C@H]1COC[C@@H](c2ccc(-n3c(Cl)cc4c(=O)n(CC5(O)CCN(C(=O)C6(C)CC6)CC5)cnc43)cc2)N1. The highest BCUT2D eigenvalue weighted by Gasteiger charge is 2.48. The van der Waals surface area contributed by atoms with E-state index in [0.29, 0.717) is 61.4 Å². The summed E-state index contributed by atoms with van der Waals surface area (Å²) in [5, 5.41) is 15.6. The number of hydrogen-bond acceptors (Lipinski definition) is 6. The molecule has 3 aliphatic rings. The van der Waals surface area contributed by atoms with Crippen molar-refractivity contribution in [1.29, 1.82) is 0 Å². The zero-order chi connectivity index (χ0) is 26.7. The average molecular weight is 540 g/mol. The van der Waals surface area contributed by atoms with Crippen molar-refractivity contribution >= 4 is 28.5 Å². The molecule has 202 valence electrons. The Hall–Kier alpha value is -2.72. The summed E-state index contributed by atoms with van der Waals surface area (Å²) in [6.07, 6.45) is 4.20. The number of rotatable bonds is 5. The lowest BCUT2D eigenvalue weighted by Gasteiger charge is -2.39. The number of nitrogens with one attached hydrogen (secondary N) is 1. The van der Waals surface area contributed by atoms with Gasteiger partial charge >= 0.3 is 0 Å². The molecular formula is C28H34ClN5O4. The number of carbonyl (C=O) groups is 1. The first-order valence-corrected chi connectivity index (χ1v) is 13.8. The molecule has 2 aromatic heterocycles. The van der Waals surface area contributed by atoms with E-state index in [-0.39, 0.29) is 29.5 Å². The van der Waals surface area contributed by atoms with E-state index in [0.717, 1.165) is 24.1 Å². The Bertz CT molecular complexity index is 1420. The van der Waals surface area contributed by atoms with Gasteiger partial charge in [-0.15, -0.1) is 0 Å². The fourth-order valence-electron chi connectivity index (χ4n) is 5.68. The fourth-order valence-corrected chi connectivity index (χ4v) is 5.97. The van der Waals surface area contributed by atoms with E-state index in [1.165, 1.54) is 10.9 Å². The summed E-state index contributed by atoms with van der Waals surface area (Å²) >= 11 is 6.60. The maximum absolute atomic E-state index is 13.4. The lowest BCUT2D eigenvalue weighted by atomic mass is 9.90. The van der Waals surface area contributed by atoms with Gasteiger partial charge in [-0.05, 0) is 56.4 Å². The van der Waals surface area contributed by atoms with E-state index in [1.807, 2.05) is 36.1 Å². The molecule has 3 fully saturated rings. The maximum atomic E-state index is 13.4. The minimum absolute atomic E-state index is 0.125. The first-order chi connectivity index (χ1) is 18.2. The van der Waals surface area contributed by atoms with Gasteiger partial charge in [0, 0.05) is 30.2 Å². The number of benzene rings is 1. The molecule has 1 amide bonds. The molecule has 38 heavy (non-hydrogen) atoms. The van der Waals surface area contributed by atoms with Gasteiger partial charge in [-0.25, -0.2) is 4.98 Å². The standard InChI is InChI=1S/C28H34ClN5O4/c1-18-14-38-15-22(31-18)19-3-5-20(6-4-19)34-23(29)13-21-24(34)30-17-33(25(21)35)16-28(37)9-11-32(12-10-28)26(36)27(2)7-8-27/h3-6,13,17-18,22,31,37H,7-12,14-16H2,1-2H3/t18-,22-/m0/s1. The zero-order valence-electron chi connectivity index (χ0n) is 21.8. The van der Waals surface area contributed by atoms with Crippen molar-refractivity contribution in [3.8, 4) is 5.69 Å². The van der Waals surface area contributed by atoms with Crippen LogP contribution in [0.1, 0.15) is 51.1 Å². The van der Waals surface area contributed by atoms with Gasteiger partial charge in [0.2, 0.25) is 5.91 Å². The van der Waals surface area contributed by atoms with Gasteiger partial charge in [-0.3, -0.25) is 18.7 Å². The summed E-state index contributed by atoms with van der Waals surface area (Å²) in [5.41, 5.74) is 0.868. The second-order valence-corrected chi connectivity index (χ2v) is 11.9. The molecule has 2 N–H and O–H groups in total. The topological polar surface area (TPSA) is 102 Å². The molecule has 1 aromatic carbocycles. The predicted molar refractivity (Wildman–Crippen MR) is 145 cm³/mol. The van der Waals surface area contributed by atoms with Crippen molar-refractivity contribution in [3.05, 3.63) is 57.7 Å². The molecule has 2 atom stereocenters. The van der Waals surface area contributed by atoms with E-state index in [1.54, 1.807) is 10.6 Å². The number of morpholine rings is 1. The number of fused-ring (bicyclic) bond motifs is 1. The molecule has 1 aliphatic carbocycles. The minimum Gasteiger partial charge on any atom is -0.388 e. The average Bonchev–Trinajstić information content (AvgIpc) is 3.57. The molecule has 0 bridgehead atoms. The van der Waals surface area contributed by atoms with Crippen molar-refractivity contribution in [2.75, 3.05) is 26.3 Å². The summed E-state index contributed by atoms with van der Waals surface area (Å²) in [7, 11) is 0. The Kier molecular flexibility index (Phi) is 6.38. The van der Waals surface area contributed by atoms with Crippen LogP contribution >= 0.6 is 11.6 Å². The first kappa shape index (κ1) is 25.6. The lowest BCUT2D eigenvalue weighted by Crippen LogP contribution is -2.51. The van der Waals surface area contributed by atoms with Crippen LogP contribution in [0.2, 0.25) is 5.15 Å². The van der Waals surface area contributed by atoms with Crippen LogP contribution in [0.25, 0.3) is 16.7 Å². The van der Waals surface area contributed by atoms with Crippen molar-refractivity contribution in [1.82, 2.24) is 24.3 Å². The molecule has 2 saturated heterocycles. The van der Waals surface area contributed by atoms with Gasteiger partial charge in [0.1, 0.15) is 11.5 Å². The first-order valence-electron chi connectivity index (χ1n) is 13.4. The number of hydrogen-bond donors (Lipinski definition) is 2. The van der Waals surface area contributed by atoms with Crippen LogP contribution < -0.4 is 10.9 Å². The number of aliphatic hydroxyl groups is 1. The van der Waals surface area contributed by atoms with Crippen LogP contribution in [-0.4, -0.2) is 68.0 Å². The van der Waals surface area contributed by atoms with Crippen LogP contribution in [0.4, 0.5) is 0 Å². The number of nitrogens with zero attached hydrogens (tertiary/aromatic N) is 4. The number of ether oxygens (including phenoxy) is 1. The van der Waals surface area contributed by atoms with Crippen LogP contribution in [0, 0.1) is 5.41 Å². The summed E-state index contributed by atoms with van der Waals surface area (Å²) in [5.74, 6) is 0.182. The Labute approximate surface area is 226 Å². The molecule has 10 heteroatoms. The number of piperidine rings is 1. The molecule has 1 saturated carbocycles. The Balaban J connectivity index is 1.20. The monoisotopic (exact) mass is 539 g/mol. The van der Waals surface area contributed by atoms with Crippen LogP contribution in [0.5, 0.6) is 0 Å². The van der Waals surface area contributed by atoms with Crippen molar-refractivity contribution in [3.63, 3.8) is 0 Å². The van der Waals surface area contributed by atoms with E-state index >= 15 is 0 Å². The van der Waals surface area contributed by atoms with E-state index in [4.69, 9.17) is 16.3 Å². The number of aromatic nitrogens is 3. The molecule has 0 spiro atoms. The molecule has 9 nitrogen and oxygen atoms in total. The lowest BCUT2D eigenvalue weighted by molar-refractivity contribution is -0.141. The highest BCUT2D eigenvalue weighted by Crippen LogP contribution is 2.47. The third-order valence-electron chi connectivity index (χ3n) is 8.39. The van der Waals surface area contributed by atoms with Crippen molar-refractivity contribution in [2.45, 2.75) is 63.8 Å². The normalized spacial score (nSPS) is 24.5. The van der Waals surface area contributed by atoms with Gasteiger partial charge < -0.3 is 20.1 Å². The van der Waals surface area contributed by atoms with E-state index in [9.17, 15) is 14.7 Å². The number of amides is 1. The number of likely N-dealkylation sites (tertiary alicyclic amines) is 1. The van der Waals surface area contributed by atoms with Crippen molar-refractivity contribution in [2.24, 2.45) is 5.41 Å². The summed E-state index contributed by atoms with van der Waals surface area (Å²) < 4.78 is 8.90. The van der Waals surface area contributed by atoms with Crippen LogP contribution in [-0.2, 0) is 16.1 Å². The summed E-state index contributed by atoms with van der Waals surface area (Å²) in [6, 6.07) is 10.1. The summed E-state index contributed by atoms with van der Waals surface area (Å²) in [4.78, 5) is 32.5. The molecule has 4 heterocycles. The second-order valence-electron chi connectivity index (χ2n) is 11.5. The Morgan fingerprint density at radius 2 is 1.89 bits per heavy atom. The van der Waals surface area contributed by atoms with Crippen molar-refractivity contribution < 1.29 is 14.6 Å². The van der Waals surface area contributed by atoms with Gasteiger partial charge in [-0.2, -0.15) is 0 Å². The third kappa shape index (κ3) is 4.66. The van der Waals surface area contributed by atoms with E-state index < -0.39 is 5.60 Å². The van der Waals surface area contributed by atoms with Gasteiger partial charge in [0.15, 0.2) is 5.65 Å². The van der Waals surface area contributed by atoms with Gasteiger partial charge in [0.25, 0.3) is 5.56 Å². The molecule has 3 aromatic rings. The maximum Gasteiger partial charge on any atom is 0.262 e. The minimum atomic E-state index is -1.07. The smallest absolute Gasteiger partial charge is 0.262 e. The molecule has 6 rings (SSSR count). The molecule has 2 aliphatic heterocycles. The third-order valence-corrected chi connectivity index (χ3v) is 8.67. The van der Waals surface area contributed by atoms with Gasteiger partial charge in [-0.1, -0.05) is 30.7 Å². The quantitative estimate of drug-likeness (QED) is 0.517. The highest BCUT2D eigenvalue weighted by atomic mass is 35.5. The zero-order valence-corrected chi connectivity index (χ0v) is 22.6. The second kappa shape index (κ2) is 9.48. The summed E-state index contributed by atoms with van der Waals surface area (Å²) in [6.45, 7) is 6.55. The predicted octanol–water partition coefficient (Wildman–Crippen LogP) is 3.04.